The van der Waals surface area contributed by atoms with Gasteiger partial charge in [-0.05, 0) is 13.0 Å². The Bertz CT molecular complexity index is 882. The van der Waals surface area contributed by atoms with Gasteiger partial charge in [-0.15, -0.1) is 0 Å². The van der Waals surface area contributed by atoms with Crippen molar-refractivity contribution in [2.24, 2.45) is 0 Å². The van der Waals surface area contributed by atoms with Gasteiger partial charge in [-0.1, -0.05) is 6.92 Å². The number of aryl methyl sites for hydroxylation is 2. The van der Waals surface area contributed by atoms with Gasteiger partial charge >= 0.3 is 0 Å². The third kappa shape index (κ3) is 2.33. The van der Waals surface area contributed by atoms with Gasteiger partial charge < -0.3 is 14.8 Å². The number of hydrogen-bond acceptors (Lipinski definition) is 5. The first-order chi connectivity index (χ1) is 10.7. The van der Waals surface area contributed by atoms with Crippen molar-refractivity contribution in [2.45, 2.75) is 26.7 Å². The molecule has 0 spiro atoms. The Labute approximate surface area is 126 Å². The number of nitrogens with zero attached hydrogens (tertiary/aromatic N) is 3. The van der Waals surface area contributed by atoms with Gasteiger partial charge in [0.05, 0.1) is 17.8 Å². The molecule has 0 aliphatic heterocycles. The van der Waals surface area contributed by atoms with Gasteiger partial charge in [0.2, 0.25) is 5.88 Å². The highest BCUT2D eigenvalue weighted by Crippen LogP contribution is 2.18. The maximum atomic E-state index is 12.2. The van der Waals surface area contributed by atoms with Crippen LogP contribution < -0.4 is 10.3 Å². The highest BCUT2D eigenvalue weighted by molar-refractivity contribution is 5.75. The minimum atomic E-state index is -0.173. The summed E-state index contributed by atoms with van der Waals surface area (Å²) in [6.45, 7) is 4.27. The van der Waals surface area contributed by atoms with Crippen molar-refractivity contribution in [2.75, 3.05) is 13.2 Å². The summed E-state index contributed by atoms with van der Waals surface area (Å²) in [4.78, 5) is 24.0. The molecule has 7 heteroatoms. The Kier molecular flexibility index (Phi) is 3.81. The molecule has 0 unspecified atom stereocenters. The number of H-pyrrole nitrogens is 1. The second-order valence-corrected chi connectivity index (χ2v) is 5.05. The van der Waals surface area contributed by atoms with Crippen molar-refractivity contribution in [1.29, 1.82) is 0 Å². The van der Waals surface area contributed by atoms with E-state index in [2.05, 4.69) is 15.0 Å². The zero-order chi connectivity index (χ0) is 15.7. The van der Waals surface area contributed by atoms with E-state index in [9.17, 15) is 4.79 Å². The molecule has 0 radical (unpaired) electrons. The van der Waals surface area contributed by atoms with Crippen molar-refractivity contribution in [1.82, 2.24) is 19.4 Å². The summed E-state index contributed by atoms with van der Waals surface area (Å²) in [6.07, 6.45) is 1.25. The molecule has 0 aliphatic carbocycles. The molecule has 0 atom stereocenters. The molecular weight excluding hydrogens is 284 g/mol. The van der Waals surface area contributed by atoms with Crippen LogP contribution in [-0.2, 0) is 6.42 Å². The monoisotopic (exact) mass is 302 g/mol. The van der Waals surface area contributed by atoms with Crippen molar-refractivity contribution in [3.8, 4) is 5.88 Å². The number of ether oxygens (including phenoxy) is 1. The normalized spacial score (nSPS) is 11.4. The number of fused-ring (bicyclic) bond motifs is 3. The summed E-state index contributed by atoms with van der Waals surface area (Å²) in [5.41, 5.74) is 2.29. The zero-order valence-electron chi connectivity index (χ0n) is 12.6. The predicted molar refractivity (Wildman–Crippen MR) is 82.4 cm³/mol. The summed E-state index contributed by atoms with van der Waals surface area (Å²) in [6, 6.07) is 3.48. The van der Waals surface area contributed by atoms with Crippen molar-refractivity contribution in [3.63, 3.8) is 0 Å². The SMILES string of the molecule is CCc1nc(C)c2c(=O)[nH]c3ccc(OCCCO)nc3n12. The predicted octanol–water partition coefficient (Wildman–Crippen LogP) is 1.20. The fourth-order valence-electron chi connectivity index (χ4n) is 2.52. The highest BCUT2D eigenvalue weighted by Gasteiger charge is 2.15. The van der Waals surface area contributed by atoms with Crippen LogP contribution in [0, 0.1) is 6.92 Å². The number of aliphatic hydroxyl groups is 1. The largest absolute Gasteiger partial charge is 0.478 e. The lowest BCUT2D eigenvalue weighted by molar-refractivity contribution is 0.229. The summed E-state index contributed by atoms with van der Waals surface area (Å²) in [5, 5.41) is 8.81. The van der Waals surface area contributed by atoms with E-state index in [1.807, 2.05) is 13.8 Å². The lowest BCUT2D eigenvalue weighted by Gasteiger charge is -2.08. The number of aromatic nitrogens is 4. The van der Waals surface area contributed by atoms with E-state index >= 15 is 0 Å². The molecule has 0 fully saturated rings. The van der Waals surface area contributed by atoms with Crippen molar-refractivity contribution in [3.05, 3.63) is 34.0 Å². The third-order valence-electron chi connectivity index (χ3n) is 3.51. The molecular formula is C15H18N4O3. The second-order valence-electron chi connectivity index (χ2n) is 5.05. The van der Waals surface area contributed by atoms with Gasteiger partial charge in [0.15, 0.2) is 5.65 Å². The number of nitrogens with one attached hydrogen (secondary N) is 1. The highest BCUT2D eigenvalue weighted by atomic mass is 16.5. The Hall–Kier alpha value is -2.41. The Morgan fingerprint density at radius 1 is 1.36 bits per heavy atom. The molecule has 0 aliphatic rings. The maximum absolute atomic E-state index is 12.2. The molecule has 2 N–H and O–H groups in total. The van der Waals surface area contributed by atoms with E-state index in [-0.39, 0.29) is 12.2 Å². The average molecular weight is 302 g/mol. The fraction of sp³-hybridized carbons (Fsp3) is 0.400. The molecule has 0 saturated carbocycles. The molecule has 7 nitrogen and oxygen atoms in total. The summed E-state index contributed by atoms with van der Waals surface area (Å²) < 4.78 is 7.31. The van der Waals surface area contributed by atoms with Crippen LogP contribution in [0.15, 0.2) is 16.9 Å². The smallest absolute Gasteiger partial charge is 0.274 e. The number of imidazole rings is 1. The van der Waals surface area contributed by atoms with Crippen LogP contribution in [0.2, 0.25) is 0 Å². The van der Waals surface area contributed by atoms with Crippen LogP contribution in [0.5, 0.6) is 5.88 Å². The van der Waals surface area contributed by atoms with Crippen molar-refractivity contribution < 1.29 is 9.84 Å². The first kappa shape index (κ1) is 14.5. The lowest BCUT2D eigenvalue weighted by atomic mass is 10.3. The Morgan fingerprint density at radius 3 is 2.91 bits per heavy atom. The number of aliphatic hydroxyl groups excluding tert-OH is 1. The Morgan fingerprint density at radius 2 is 2.18 bits per heavy atom. The van der Waals surface area contributed by atoms with Gasteiger partial charge in [0.1, 0.15) is 11.3 Å². The Balaban J connectivity index is 2.23. The van der Waals surface area contributed by atoms with Crippen molar-refractivity contribution >= 4 is 16.7 Å². The molecule has 116 valence electrons. The number of aromatic amines is 1. The van der Waals surface area contributed by atoms with Crippen LogP contribution in [0.3, 0.4) is 0 Å². The van der Waals surface area contributed by atoms with Gasteiger partial charge in [-0.2, -0.15) is 4.98 Å². The summed E-state index contributed by atoms with van der Waals surface area (Å²) in [7, 11) is 0. The van der Waals surface area contributed by atoms with Gasteiger partial charge in [-0.25, -0.2) is 4.98 Å². The second kappa shape index (κ2) is 5.76. The standard InChI is InChI=1S/C15H18N4O3/c1-3-11-16-9(2)13-15(21)17-10-5-6-12(22-8-4-7-20)18-14(10)19(11)13/h5-6,20H,3-4,7-8H2,1-2H3,(H,17,21). The number of hydrogen-bond donors (Lipinski definition) is 2. The van der Waals surface area contributed by atoms with Crippen LogP contribution in [0.1, 0.15) is 24.9 Å². The minimum Gasteiger partial charge on any atom is -0.478 e. The quantitative estimate of drug-likeness (QED) is 0.691. The van der Waals surface area contributed by atoms with Crippen LogP contribution in [0.4, 0.5) is 0 Å². The molecule has 22 heavy (non-hydrogen) atoms. The molecule has 0 bridgehead atoms. The van der Waals surface area contributed by atoms with E-state index in [0.29, 0.717) is 47.7 Å². The molecule has 0 aromatic carbocycles. The topological polar surface area (TPSA) is 92.5 Å². The zero-order valence-corrected chi connectivity index (χ0v) is 12.6. The lowest BCUT2D eigenvalue weighted by Crippen LogP contribution is -2.13. The van der Waals surface area contributed by atoms with Gasteiger partial charge in [-0.3, -0.25) is 9.20 Å². The van der Waals surface area contributed by atoms with Crippen LogP contribution >= 0.6 is 0 Å². The molecule has 3 rings (SSSR count). The first-order valence-electron chi connectivity index (χ1n) is 7.30. The van der Waals surface area contributed by atoms with E-state index < -0.39 is 0 Å². The number of rotatable bonds is 5. The first-order valence-corrected chi connectivity index (χ1v) is 7.30. The van der Waals surface area contributed by atoms with E-state index in [4.69, 9.17) is 9.84 Å². The summed E-state index contributed by atoms with van der Waals surface area (Å²) in [5.74, 6) is 1.26. The number of pyridine rings is 1. The molecule has 3 aromatic rings. The minimum absolute atomic E-state index is 0.0752. The van der Waals surface area contributed by atoms with E-state index in [1.165, 1.54) is 0 Å². The third-order valence-corrected chi connectivity index (χ3v) is 3.51. The molecule has 0 amide bonds. The summed E-state index contributed by atoms with van der Waals surface area (Å²) >= 11 is 0. The maximum Gasteiger partial charge on any atom is 0.274 e. The molecule has 3 heterocycles. The van der Waals surface area contributed by atoms with Gasteiger partial charge in [0, 0.05) is 25.5 Å². The molecule has 0 saturated heterocycles. The van der Waals surface area contributed by atoms with Crippen LogP contribution in [-0.4, -0.2) is 37.7 Å². The van der Waals surface area contributed by atoms with Crippen LogP contribution in [0.25, 0.3) is 16.7 Å². The van der Waals surface area contributed by atoms with E-state index in [0.717, 1.165) is 5.82 Å². The van der Waals surface area contributed by atoms with E-state index in [1.54, 1.807) is 16.5 Å². The molecule has 3 aromatic heterocycles. The average Bonchev–Trinajstić information content (AvgIpc) is 2.86. The fourth-order valence-corrected chi connectivity index (χ4v) is 2.52. The van der Waals surface area contributed by atoms with Gasteiger partial charge in [0.25, 0.3) is 5.56 Å².